The van der Waals surface area contributed by atoms with E-state index in [1.165, 1.54) is 25.0 Å². The Kier molecular flexibility index (Phi) is 10.0. The highest BCUT2D eigenvalue weighted by molar-refractivity contribution is 6.30. The first kappa shape index (κ1) is 30.4. The summed E-state index contributed by atoms with van der Waals surface area (Å²) in [4.78, 5) is 0. The summed E-state index contributed by atoms with van der Waals surface area (Å²) < 4.78 is 63.7. The lowest BCUT2D eigenvalue weighted by molar-refractivity contribution is -0.224. The highest BCUT2D eigenvalue weighted by Crippen LogP contribution is 2.47. The maximum Gasteiger partial charge on any atom is 0.400 e. The molecule has 5 rings (SSSR count). The van der Waals surface area contributed by atoms with Crippen LogP contribution >= 0.6 is 11.6 Å². The Hall–Kier alpha value is -2.01. The molecule has 1 nitrogen and oxygen atoms in total. The molecule has 0 aromatic heterocycles. The van der Waals surface area contributed by atoms with Gasteiger partial charge in [-0.3, -0.25) is 0 Å². The molecule has 224 valence electrons. The number of rotatable bonds is 8. The van der Waals surface area contributed by atoms with Gasteiger partial charge in [-0.1, -0.05) is 35.9 Å². The highest BCUT2D eigenvalue weighted by atomic mass is 35.5. The molecule has 2 aromatic rings. The van der Waals surface area contributed by atoms with Crippen molar-refractivity contribution in [3.05, 3.63) is 76.3 Å². The Morgan fingerprint density at radius 3 is 2.02 bits per heavy atom. The van der Waals surface area contributed by atoms with Gasteiger partial charge in [-0.25, -0.2) is 8.78 Å². The first-order valence-corrected chi connectivity index (χ1v) is 16.0. The fourth-order valence-electron chi connectivity index (χ4n) is 7.80. The van der Waals surface area contributed by atoms with Crippen LogP contribution in [0, 0.1) is 35.3 Å². The number of ether oxygens (including phenoxy) is 1. The molecule has 0 amide bonds. The fourth-order valence-corrected chi connectivity index (χ4v) is 7.92. The second-order valence-electron chi connectivity index (χ2n) is 12.8. The van der Waals surface area contributed by atoms with Crippen LogP contribution in [0.15, 0.2) is 48.6 Å². The molecule has 41 heavy (non-hydrogen) atoms. The Balaban J connectivity index is 1.08. The van der Waals surface area contributed by atoms with Gasteiger partial charge in [0.1, 0.15) is 17.4 Å². The van der Waals surface area contributed by atoms with Gasteiger partial charge in [0, 0.05) is 6.07 Å². The quantitative estimate of drug-likeness (QED) is 0.219. The minimum Gasteiger partial charge on any atom is -0.432 e. The van der Waals surface area contributed by atoms with Crippen LogP contribution in [0.2, 0.25) is 5.02 Å². The number of benzene rings is 2. The molecule has 3 fully saturated rings. The molecule has 0 saturated heterocycles. The number of hydrogen-bond acceptors (Lipinski definition) is 1. The number of hydrogen-bond donors (Lipinski definition) is 0. The van der Waals surface area contributed by atoms with Crippen LogP contribution in [0.3, 0.4) is 0 Å². The van der Waals surface area contributed by atoms with E-state index in [4.69, 9.17) is 16.3 Å². The third-order valence-corrected chi connectivity index (χ3v) is 10.6. The summed E-state index contributed by atoms with van der Waals surface area (Å²) in [6.45, 7) is 2.07. The molecule has 0 radical (unpaired) electrons. The lowest BCUT2D eigenvalue weighted by Gasteiger charge is -2.39. The van der Waals surface area contributed by atoms with Gasteiger partial charge < -0.3 is 4.74 Å². The van der Waals surface area contributed by atoms with E-state index >= 15 is 4.39 Å². The van der Waals surface area contributed by atoms with E-state index in [-0.39, 0.29) is 22.5 Å². The van der Waals surface area contributed by atoms with E-state index in [2.05, 4.69) is 25.1 Å². The number of alkyl halides is 2. The van der Waals surface area contributed by atoms with Gasteiger partial charge in [-0.2, -0.15) is 8.78 Å². The summed E-state index contributed by atoms with van der Waals surface area (Å²) in [5.41, 5.74) is 2.01. The Morgan fingerprint density at radius 2 is 1.41 bits per heavy atom. The molecule has 3 aliphatic carbocycles. The molecule has 0 spiro atoms. The van der Waals surface area contributed by atoms with E-state index in [1.54, 1.807) is 6.07 Å². The van der Waals surface area contributed by atoms with Crippen LogP contribution in [-0.2, 0) is 0 Å². The molecule has 0 atom stereocenters. The molecular formula is C35H43ClF4O. The van der Waals surface area contributed by atoms with Crippen LogP contribution in [0.4, 0.5) is 17.6 Å². The average Bonchev–Trinajstić information content (AvgIpc) is 2.98. The minimum absolute atomic E-state index is 0.0506. The smallest absolute Gasteiger partial charge is 0.400 e. The van der Waals surface area contributed by atoms with Crippen molar-refractivity contribution in [3.8, 4) is 5.75 Å². The van der Waals surface area contributed by atoms with Crippen molar-refractivity contribution in [1.29, 1.82) is 0 Å². The highest BCUT2D eigenvalue weighted by Gasteiger charge is 2.45. The van der Waals surface area contributed by atoms with Crippen LogP contribution in [0.25, 0.3) is 0 Å². The van der Waals surface area contributed by atoms with E-state index in [9.17, 15) is 13.2 Å². The van der Waals surface area contributed by atoms with Crippen LogP contribution < -0.4 is 4.74 Å². The maximum absolute atomic E-state index is 15.3. The molecule has 6 heteroatoms. The van der Waals surface area contributed by atoms with E-state index < -0.39 is 17.8 Å². The van der Waals surface area contributed by atoms with Gasteiger partial charge in [0.15, 0.2) is 0 Å². The summed E-state index contributed by atoms with van der Waals surface area (Å²) in [7, 11) is 0. The molecule has 3 aliphatic rings. The van der Waals surface area contributed by atoms with Gasteiger partial charge in [-0.05, 0) is 149 Å². The summed E-state index contributed by atoms with van der Waals surface area (Å²) in [5, 5.41) is -0.121. The minimum atomic E-state index is -3.35. The maximum atomic E-state index is 15.3. The van der Waals surface area contributed by atoms with Crippen LogP contribution in [0.5, 0.6) is 5.75 Å². The molecule has 0 unspecified atom stereocenters. The first-order chi connectivity index (χ1) is 19.7. The number of halogens is 5. The van der Waals surface area contributed by atoms with E-state index in [0.29, 0.717) is 30.6 Å². The van der Waals surface area contributed by atoms with Crippen molar-refractivity contribution in [2.24, 2.45) is 23.7 Å². The predicted molar refractivity (Wildman–Crippen MR) is 158 cm³/mol. The fraction of sp³-hybridized carbons (Fsp3) is 0.600. The summed E-state index contributed by atoms with van der Waals surface area (Å²) in [6.07, 6.45) is 13.2. The third-order valence-electron chi connectivity index (χ3n) is 10.3. The second kappa shape index (κ2) is 13.5. The Labute approximate surface area is 247 Å². The zero-order valence-electron chi connectivity index (χ0n) is 24.1. The lowest BCUT2D eigenvalue weighted by atomic mass is 9.68. The van der Waals surface area contributed by atoms with Gasteiger partial charge in [0.25, 0.3) is 0 Å². The molecule has 0 bridgehead atoms. The van der Waals surface area contributed by atoms with Crippen molar-refractivity contribution in [3.63, 3.8) is 0 Å². The standard InChI is InChI=1S/C35H43ClF4O/c1-2-3-4-23-5-7-26(8-6-23)28-15-19-31(33(37)21-28)27-11-9-24(10-12-27)25-13-16-29(17-14-25)35(39,40)41-30-18-20-32(36)34(38)22-30/h2-3,15,18-27,29H,4-14,16-17H2,1H3. The van der Waals surface area contributed by atoms with Gasteiger partial charge in [0.2, 0.25) is 0 Å². The summed E-state index contributed by atoms with van der Waals surface area (Å²) in [6, 6.07) is 9.44. The zero-order chi connectivity index (χ0) is 29.0. The summed E-state index contributed by atoms with van der Waals surface area (Å²) >= 11 is 5.65. The lowest BCUT2D eigenvalue weighted by Crippen LogP contribution is -2.38. The normalized spacial score (nSPS) is 29.5. The molecule has 3 saturated carbocycles. The number of allylic oxidation sites excluding steroid dienone is 2. The second-order valence-corrected chi connectivity index (χ2v) is 13.2. The monoisotopic (exact) mass is 590 g/mol. The summed E-state index contributed by atoms with van der Waals surface area (Å²) in [5.74, 6) is 0.496. The largest absolute Gasteiger partial charge is 0.432 e. The zero-order valence-corrected chi connectivity index (χ0v) is 24.8. The van der Waals surface area contributed by atoms with Crippen molar-refractivity contribution in [2.45, 2.75) is 108 Å². The average molecular weight is 591 g/mol. The Bertz CT molecular complexity index is 1170. The van der Waals surface area contributed by atoms with E-state index in [1.807, 2.05) is 6.07 Å². The molecule has 0 heterocycles. The molecule has 0 N–H and O–H groups in total. The van der Waals surface area contributed by atoms with Gasteiger partial charge >= 0.3 is 6.11 Å². The topological polar surface area (TPSA) is 9.23 Å². The predicted octanol–water partition coefficient (Wildman–Crippen LogP) is 11.6. The van der Waals surface area contributed by atoms with Crippen LogP contribution in [-0.4, -0.2) is 6.11 Å². The third kappa shape index (κ3) is 7.50. The van der Waals surface area contributed by atoms with Crippen molar-refractivity contribution >= 4 is 11.6 Å². The van der Waals surface area contributed by atoms with Gasteiger partial charge in [0.05, 0.1) is 10.9 Å². The Morgan fingerprint density at radius 1 is 0.780 bits per heavy atom. The molecule has 0 aliphatic heterocycles. The molecular weight excluding hydrogens is 548 g/mol. The first-order valence-electron chi connectivity index (χ1n) is 15.7. The van der Waals surface area contributed by atoms with Crippen LogP contribution in [0.1, 0.15) is 113 Å². The van der Waals surface area contributed by atoms with Crippen molar-refractivity contribution in [1.82, 2.24) is 0 Å². The van der Waals surface area contributed by atoms with Crippen molar-refractivity contribution in [2.75, 3.05) is 0 Å². The van der Waals surface area contributed by atoms with E-state index in [0.717, 1.165) is 80.9 Å². The van der Waals surface area contributed by atoms with Gasteiger partial charge in [-0.15, -0.1) is 0 Å². The SMILES string of the molecule is CC=CCC1CCC(c2ccc(C3CCC(C4CCC(C(F)(F)Oc5ccc(Cl)c(F)c5)CC4)CC3)c(F)c2)CC1. The molecule has 2 aromatic carbocycles. The van der Waals surface area contributed by atoms with Crippen molar-refractivity contribution < 1.29 is 22.3 Å².